The van der Waals surface area contributed by atoms with E-state index in [4.69, 9.17) is 4.42 Å². The lowest BCUT2D eigenvalue weighted by molar-refractivity contribution is 0.102. The molecule has 0 spiro atoms. The third-order valence-electron chi connectivity index (χ3n) is 2.08. The summed E-state index contributed by atoms with van der Waals surface area (Å²) in [5.74, 6) is -0.175. The number of benzene rings is 1. The van der Waals surface area contributed by atoms with Crippen LogP contribution in [0.2, 0.25) is 0 Å². The van der Waals surface area contributed by atoms with E-state index in [2.05, 4.69) is 21.2 Å². The van der Waals surface area contributed by atoms with Crippen molar-refractivity contribution in [2.75, 3.05) is 5.32 Å². The van der Waals surface area contributed by atoms with Gasteiger partial charge in [-0.05, 0) is 36.8 Å². The molecule has 2 rings (SSSR count). The van der Waals surface area contributed by atoms with E-state index >= 15 is 0 Å². The Morgan fingerprint density at radius 1 is 1.38 bits per heavy atom. The molecule has 0 aliphatic heterocycles. The van der Waals surface area contributed by atoms with Gasteiger partial charge < -0.3 is 9.73 Å². The third-order valence-corrected chi connectivity index (χ3v) is 2.54. The molecule has 0 aliphatic rings. The second kappa shape index (κ2) is 4.53. The van der Waals surface area contributed by atoms with Crippen LogP contribution in [0.25, 0.3) is 0 Å². The zero-order chi connectivity index (χ0) is 11.5. The van der Waals surface area contributed by atoms with Gasteiger partial charge in [-0.2, -0.15) is 0 Å². The molecule has 1 heterocycles. The zero-order valence-electron chi connectivity index (χ0n) is 8.66. The van der Waals surface area contributed by atoms with Crippen LogP contribution in [0.5, 0.6) is 0 Å². The summed E-state index contributed by atoms with van der Waals surface area (Å²) in [7, 11) is 0. The van der Waals surface area contributed by atoms with Crippen molar-refractivity contribution in [3.63, 3.8) is 0 Å². The first-order valence-electron chi connectivity index (χ1n) is 4.76. The highest BCUT2D eigenvalue weighted by Gasteiger charge is 2.07. The van der Waals surface area contributed by atoms with Crippen LogP contribution in [0.4, 0.5) is 5.69 Å². The molecule has 0 bridgehead atoms. The SMILES string of the molecule is Cc1cc(Br)cc(NC(=O)c2ccoc2)c1. The number of rotatable bonds is 2. The fraction of sp³-hybridized carbons (Fsp3) is 0.0833. The second-order valence-corrected chi connectivity index (χ2v) is 4.40. The number of nitrogens with one attached hydrogen (secondary N) is 1. The molecule has 0 unspecified atom stereocenters. The molecular weight excluding hydrogens is 270 g/mol. The minimum Gasteiger partial charge on any atom is -0.472 e. The normalized spacial score (nSPS) is 10.1. The Morgan fingerprint density at radius 3 is 2.81 bits per heavy atom. The molecule has 82 valence electrons. The largest absolute Gasteiger partial charge is 0.472 e. The van der Waals surface area contributed by atoms with Gasteiger partial charge >= 0.3 is 0 Å². The molecule has 0 atom stereocenters. The minimum absolute atomic E-state index is 0.175. The van der Waals surface area contributed by atoms with Crippen molar-refractivity contribution in [2.24, 2.45) is 0 Å². The molecule has 4 heteroatoms. The standard InChI is InChI=1S/C12H10BrNO2/c1-8-4-10(13)6-11(5-8)14-12(15)9-2-3-16-7-9/h2-7H,1H3,(H,14,15). The Morgan fingerprint density at radius 2 is 2.19 bits per heavy atom. The van der Waals surface area contributed by atoms with E-state index in [0.717, 1.165) is 15.7 Å². The highest BCUT2D eigenvalue weighted by Crippen LogP contribution is 2.19. The molecule has 1 aromatic heterocycles. The number of carbonyl (C=O) groups is 1. The van der Waals surface area contributed by atoms with Crippen LogP contribution >= 0.6 is 15.9 Å². The first kappa shape index (κ1) is 11.0. The number of hydrogen-bond donors (Lipinski definition) is 1. The lowest BCUT2D eigenvalue weighted by Crippen LogP contribution is -2.10. The summed E-state index contributed by atoms with van der Waals surface area (Å²) in [6.45, 7) is 1.97. The maximum Gasteiger partial charge on any atom is 0.258 e. The molecule has 0 saturated carbocycles. The first-order valence-corrected chi connectivity index (χ1v) is 5.55. The number of amides is 1. The average molecular weight is 280 g/mol. The maximum atomic E-state index is 11.7. The number of aryl methyl sites for hydroxylation is 1. The van der Waals surface area contributed by atoms with E-state index in [1.165, 1.54) is 12.5 Å². The van der Waals surface area contributed by atoms with Crippen molar-refractivity contribution in [3.05, 3.63) is 52.4 Å². The Labute approximate surface area is 102 Å². The van der Waals surface area contributed by atoms with Gasteiger partial charge in [0.15, 0.2) is 0 Å². The van der Waals surface area contributed by atoms with Crippen molar-refractivity contribution >= 4 is 27.5 Å². The van der Waals surface area contributed by atoms with Crippen molar-refractivity contribution < 1.29 is 9.21 Å². The van der Waals surface area contributed by atoms with E-state index in [1.54, 1.807) is 6.07 Å². The van der Waals surface area contributed by atoms with Crippen LogP contribution < -0.4 is 5.32 Å². The highest BCUT2D eigenvalue weighted by atomic mass is 79.9. The van der Waals surface area contributed by atoms with Gasteiger partial charge in [0.2, 0.25) is 0 Å². The van der Waals surface area contributed by atoms with Gasteiger partial charge in [0, 0.05) is 10.2 Å². The molecule has 3 nitrogen and oxygen atoms in total. The van der Waals surface area contributed by atoms with Gasteiger partial charge in [0.25, 0.3) is 5.91 Å². The van der Waals surface area contributed by atoms with Crippen LogP contribution in [0.3, 0.4) is 0 Å². The van der Waals surface area contributed by atoms with Gasteiger partial charge in [-0.1, -0.05) is 15.9 Å². The summed E-state index contributed by atoms with van der Waals surface area (Å²) < 4.78 is 5.79. The molecule has 0 radical (unpaired) electrons. The van der Waals surface area contributed by atoms with Gasteiger partial charge in [-0.25, -0.2) is 0 Å². The fourth-order valence-electron chi connectivity index (χ4n) is 1.41. The summed E-state index contributed by atoms with van der Waals surface area (Å²) in [5.41, 5.74) is 2.35. The predicted molar refractivity (Wildman–Crippen MR) is 65.5 cm³/mol. The summed E-state index contributed by atoms with van der Waals surface area (Å²) >= 11 is 3.38. The number of anilines is 1. The van der Waals surface area contributed by atoms with E-state index in [9.17, 15) is 4.79 Å². The summed E-state index contributed by atoms with van der Waals surface area (Å²) in [6.07, 6.45) is 2.89. The Balaban J connectivity index is 2.18. The van der Waals surface area contributed by atoms with Crippen molar-refractivity contribution in [1.29, 1.82) is 0 Å². The topological polar surface area (TPSA) is 42.2 Å². The van der Waals surface area contributed by atoms with Crippen LogP contribution in [-0.2, 0) is 0 Å². The van der Waals surface area contributed by atoms with Crippen molar-refractivity contribution in [1.82, 2.24) is 0 Å². The van der Waals surface area contributed by atoms with Gasteiger partial charge in [-0.15, -0.1) is 0 Å². The molecule has 0 fully saturated rings. The van der Waals surface area contributed by atoms with Gasteiger partial charge in [0.1, 0.15) is 6.26 Å². The van der Waals surface area contributed by atoms with E-state index in [0.29, 0.717) is 5.56 Å². The molecular formula is C12H10BrNO2. The number of hydrogen-bond acceptors (Lipinski definition) is 2. The predicted octanol–water partition coefficient (Wildman–Crippen LogP) is 3.60. The Kier molecular flexibility index (Phi) is 3.10. The summed E-state index contributed by atoms with van der Waals surface area (Å²) in [4.78, 5) is 11.7. The van der Waals surface area contributed by atoms with Gasteiger partial charge in [-0.3, -0.25) is 4.79 Å². The van der Waals surface area contributed by atoms with Crippen LogP contribution in [0.15, 0.2) is 45.7 Å². The number of furan rings is 1. The van der Waals surface area contributed by atoms with Crippen molar-refractivity contribution in [3.8, 4) is 0 Å². The molecule has 2 aromatic rings. The maximum absolute atomic E-state index is 11.7. The lowest BCUT2D eigenvalue weighted by Gasteiger charge is -2.05. The van der Waals surface area contributed by atoms with E-state index < -0.39 is 0 Å². The first-order chi connectivity index (χ1) is 7.65. The Bertz CT molecular complexity index is 485. The zero-order valence-corrected chi connectivity index (χ0v) is 10.2. The monoisotopic (exact) mass is 279 g/mol. The number of halogens is 1. The quantitative estimate of drug-likeness (QED) is 0.913. The van der Waals surface area contributed by atoms with E-state index in [-0.39, 0.29) is 5.91 Å². The molecule has 1 aromatic carbocycles. The lowest BCUT2D eigenvalue weighted by atomic mass is 10.2. The average Bonchev–Trinajstić information content (AvgIpc) is 2.68. The smallest absolute Gasteiger partial charge is 0.258 e. The Hall–Kier alpha value is -1.55. The summed E-state index contributed by atoms with van der Waals surface area (Å²) in [5, 5.41) is 2.80. The molecule has 1 amide bonds. The van der Waals surface area contributed by atoms with Crippen molar-refractivity contribution in [2.45, 2.75) is 6.92 Å². The molecule has 0 saturated heterocycles. The molecule has 1 N–H and O–H groups in total. The molecule has 16 heavy (non-hydrogen) atoms. The van der Waals surface area contributed by atoms with E-state index in [1.807, 2.05) is 25.1 Å². The summed E-state index contributed by atoms with van der Waals surface area (Å²) in [6, 6.07) is 7.36. The minimum atomic E-state index is -0.175. The van der Waals surface area contributed by atoms with Crippen LogP contribution in [0, 0.1) is 6.92 Å². The number of carbonyl (C=O) groups excluding carboxylic acids is 1. The van der Waals surface area contributed by atoms with Crippen LogP contribution in [0.1, 0.15) is 15.9 Å². The van der Waals surface area contributed by atoms with Gasteiger partial charge in [0.05, 0.1) is 11.8 Å². The second-order valence-electron chi connectivity index (χ2n) is 3.48. The highest BCUT2D eigenvalue weighted by molar-refractivity contribution is 9.10. The van der Waals surface area contributed by atoms with Crippen LogP contribution in [-0.4, -0.2) is 5.91 Å². The fourth-order valence-corrected chi connectivity index (χ4v) is 2.01. The molecule has 0 aliphatic carbocycles. The third kappa shape index (κ3) is 2.52.